The van der Waals surface area contributed by atoms with Gasteiger partial charge in [0.15, 0.2) is 0 Å². The average molecular weight is 230 g/mol. The molecule has 0 heterocycles. The van der Waals surface area contributed by atoms with Crippen LogP contribution in [0.25, 0.3) is 0 Å². The van der Waals surface area contributed by atoms with Crippen LogP contribution in [0.3, 0.4) is 0 Å². The van der Waals surface area contributed by atoms with Crippen molar-refractivity contribution < 1.29 is 9.53 Å². The lowest BCUT2D eigenvalue weighted by atomic mass is 9.99. The van der Waals surface area contributed by atoms with E-state index in [0.29, 0.717) is 6.54 Å². The molecule has 0 spiro atoms. The molecule has 4 nitrogen and oxygen atoms in total. The van der Waals surface area contributed by atoms with E-state index < -0.39 is 0 Å². The maximum absolute atomic E-state index is 11.7. The van der Waals surface area contributed by atoms with Crippen molar-refractivity contribution in [3.05, 3.63) is 0 Å². The second-order valence-corrected chi connectivity index (χ2v) is 5.04. The number of hydrogen-bond acceptors (Lipinski definition) is 3. The van der Waals surface area contributed by atoms with Gasteiger partial charge in [0.1, 0.15) is 0 Å². The Bertz CT molecular complexity index is 217. The van der Waals surface area contributed by atoms with Crippen molar-refractivity contribution in [2.75, 3.05) is 20.7 Å². The normalized spacial score (nSPS) is 15.6. The van der Waals surface area contributed by atoms with Crippen molar-refractivity contribution in [2.45, 2.75) is 45.8 Å². The molecule has 4 heteroatoms. The van der Waals surface area contributed by atoms with Crippen molar-refractivity contribution in [1.29, 1.82) is 0 Å². The van der Waals surface area contributed by atoms with Crippen LogP contribution in [0.1, 0.15) is 34.1 Å². The van der Waals surface area contributed by atoms with Gasteiger partial charge in [0.05, 0.1) is 5.60 Å². The SMILES string of the molecule is CNCC(C)C(=O)NC(C)CC(C)(C)OC. The van der Waals surface area contributed by atoms with Crippen molar-refractivity contribution in [1.82, 2.24) is 10.6 Å². The first-order valence-corrected chi connectivity index (χ1v) is 5.82. The molecule has 2 N–H and O–H groups in total. The van der Waals surface area contributed by atoms with Gasteiger partial charge in [0.25, 0.3) is 0 Å². The maximum Gasteiger partial charge on any atom is 0.224 e. The molecule has 0 fully saturated rings. The third kappa shape index (κ3) is 6.08. The van der Waals surface area contributed by atoms with Gasteiger partial charge in [-0.1, -0.05) is 6.92 Å². The predicted octanol–water partition coefficient (Wildman–Crippen LogP) is 1.16. The van der Waals surface area contributed by atoms with Gasteiger partial charge in [-0.25, -0.2) is 0 Å². The van der Waals surface area contributed by atoms with Crippen LogP contribution in [0.15, 0.2) is 0 Å². The van der Waals surface area contributed by atoms with E-state index in [1.54, 1.807) is 7.11 Å². The fraction of sp³-hybridized carbons (Fsp3) is 0.917. The van der Waals surface area contributed by atoms with Gasteiger partial charge in [-0.05, 0) is 34.2 Å². The molecule has 0 saturated heterocycles. The molecule has 2 unspecified atom stereocenters. The zero-order valence-corrected chi connectivity index (χ0v) is 11.4. The molecular weight excluding hydrogens is 204 g/mol. The highest BCUT2D eigenvalue weighted by Gasteiger charge is 2.22. The van der Waals surface area contributed by atoms with Crippen LogP contribution in [0.4, 0.5) is 0 Å². The molecule has 0 aromatic carbocycles. The van der Waals surface area contributed by atoms with Crippen molar-refractivity contribution in [3.63, 3.8) is 0 Å². The van der Waals surface area contributed by atoms with Gasteiger partial charge in [-0.15, -0.1) is 0 Å². The summed E-state index contributed by atoms with van der Waals surface area (Å²) < 4.78 is 5.33. The van der Waals surface area contributed by atoms with Gasteiger partial charge >= 0.3 is 0 Å². The van der Waals surface area contributed by atoms with E-state index in [-0.39, 0.29) is 23.5 Å². The Morgan fingerprint density at radius 3 is 2.38 bits per heavy atom. The van der Waals surface area contributed by atoms with Crippen LogP contribution in [-0.4, -0.2) is 38.3 Å². The Kier molecular flexibility index (Phi) is 6.60. The van der Waals surface area contributed by atoms with E-state index in [1.165, 1.54) is 0 Å². The lowest BCUT2D eigenvalue weighted by Gasteiger charge is -2.27. The van der Waals surface area contributed by atoms with Crippen LogP contribution < -0.4 is 10.6 Å². The van der Waals surface area contributed by atoms with Crippen molar-refractivity contribution >= 4 is 5.91 Å². The van der Waals surface area contributed by atoms with Gasteiger partial charge < -0.3 is 15.4 Å². The highest BCUT2D eigenvalue weighted by molar-refractivity contribution is 5.78. The summed E-state index contributed by atoms with van der Waals surface area (Å²) in [4.78, 5) is 11.7. The number of amides is 1. The lowest BCUT2D eigenvalue weighted by molar-refractivity contribution is -0.125. The molecule has 0 aliphatic rings. The number of carbonyl (C=O) groups excluding carboxylic acids is 1. The molecule has 0 aromatic rings. The first kappa shape index (κ1) is 15.4. The molecular formula is C12H26N2O2. The third-order valence-corrected chi connectivity index (χ3v) is 2.70. The fourth-order valence-corrected chi connectivity index (χ4v) is 1.66. The van der Waals surface area contributed by atoms with Gasteiger partial charge in [0, 0.05) is 25.6 Å². The van der Waals surface area contributed by atoms with E-state index in [9.17, 15) is 4.79 Å². The van der Waals surface area contributed by atoms with Crippen LogP contribution in [-0.2, 0) is 9.53 Å². The molecule has 96 valence electrons. The van der Waals surface area contributed by atoms with Crippen molar-refractivity contribution in [2.24, 2.45) is 5.92 Å². The minimum atomic E-state index is -0.195. The zero-order valence-electron chi connectivity index (χ0n) is 11.4. The number of rotatable bonds is 7. The maximum atomic E-state index is 11.7. The summed E-state index contributed by atoms with van der Waals surface area (Å²) in [5.74, 6) is 0.0897. The molecule has 0 aromatic heterocycles. The number of carbonyl (C=O) groups is 1. The van der Waals surface area contributed by atoms with Crippen LogP contribution in [0.2, 0.25) is 0 Å². The van der Waals surface area contributed by atoms with E-state index in [4.69, 9.17) is 4.74 Å². The summed E-state index contributed by atoms with van der Waals surface area (Å²) in [6.07, 6.45) is 0.807. The fourth-order valence-electron chi connectivity index (χ4n) is 1.66. The molecule has 0 aliphatic carbocycles. The van der Waals surface area contributed by atoms with E-state index >= 15 is 0 Å². The summed E-state index contributed by atoms with van der Waals surface area (Å²) >= 11 is 0. The Balaban J connectivity index is 4.05. The Morgan fingerprint density at radius 1 is 1.38 bits per heavy atom. The second-order valence-electron chi connectivity index (χ2n) is 5.04. The lowest BCUT2D eigenvalue weighted by Crippen LogP contribution is -2.42. The highest BCUT2D eigenvalue weighted by atomic mass is 16.5. The first-order valence-electron chi connectivity index (χ1n) is 5.82. The van der Waals surface area contributed by atoms with Crippen LogP contribution >= 0.6 is 0 Å². The number of ether oxygens (including phenoxy) is 1. The molecule has 0 bridgehead atoms. The van der Waals surface area contributed by atoms with E-state index in [1.807, 2.05) is 34.7 Å². The van der Waals surface area contributed by atoms with Gasteiger partial charge in [-0.3, -0.25) is 4.79 Å². The Labute approximate surface area is 99.1 Å². The largest absolute Gasteiger partial charge is 0.379 e. The van der Waals surface area contributed by atoms with Gasteiger partial charge in [0.2, 0.25) is 5.91 Å². The topological polar surface area (TPSA) is 50.4 Å². The second kappa shape index (κ2) is 6.86. The van der Waals surface area contributed by atoms with E-state index in [2.05, 4.69) is 10.6 Å². The summed E-state index contributed by atoms with van der Waals surface area (Å²) in [6, 6.07) is 0.127. The van der Waals surface area contributed by atoms with Gasteiger partial charge in [-0.2, -0.15) is 0 Å². The quantitative estimate of drug-likeness (QED) is 0.690. The molecule has 16 heavy (non-hydrogen) atoms. The average Bonchev–Trinajstić information content (AvgIpc) is 2.17. The molecule has 0 rings (SSSR count). The minimum Gasteiger partial charge on any atom is -0.379 e. The number of nitrogens with one attached hydrogen (secondary N) is 2. The zero-order chi connectivity index (χ0) is 12.8. The summed E-state index contributed by atoms with van der Waals surface area (Å²) in [5, 5.41) is 5.99. The monoisotopic (exact) mass is 230 g/mol. The summed E-state index contributed by atoms with van der Waals surface area (Å²) in [7, 11) is 3.54. The standard InChI is InChI=1S/C12H26N2O2/c1-9(8-13-5)11(15)14-10(2)7-12(3,4)16-6/h9-10,13H,7-8H2,1-6H3,(H,14,15). The van der Waals surface area contributed by atoms with Crippen LogP contribution in [0.5, 0.6) is 0 Å². The van der Waals surface area contributed by atoms with Crippen molar-refractivity contribution in [3.8, 4) is 0 Å². The molecule has 0 saturated carbocycles. The molecule has 0 aliphatic heterocycles. The number of hydrogen-bond donors (Lipinski definition) is 2. The van der Waals surface area contributed by atoms with Crippen LogP contribution in [0, 0.1) is 5.92 Å². The predicted molar refractivity (Wildman–Crippen MR) is 66.4 cm³/mol. The number of methoxy groups -OCH3 is 1. The highest BCUT2D eigenvalue weighted by Crippen LogP contribution is 2.15. The molecule has 2 atom stereocenters. The summed E-state index contributed by atoms with van der Waals surface area (Å²) in [6.45, 7) is 8.66. The third-order valence-electron chi connectivity index (χ3n) is 2.70. The summed E-state index contributed by atoms with van der Waals surface area (Å²) in [5.41, 5.74) is -0.195. The Morgan fingerprint density at radius 2 is 1.94 bits per heavy atom. The first-order chi connectivity index (χ1) is 7.32. The minimum absolute atomic E-state index is 0.00175. The molecule has 1 amide bonds. The molecule has 0 radical (unpaired) electrons. The smallest absolute Gasteiger partial charge is 0.224 e. The van der Waals surface area contributed by atoms with E-state index in [0.717, 1.165) is 6.42 Å². The Hall–Kier alpha value is -0.610.